The fourth-order valence-corrected chi connectivity index (χ4v) is 5.40. The summed E-state index contributed by atoms with van der Waals surface area (Å²) in [5.74, 6) is 0.718. The molecule has 1 fully saturated rings. The van der Waals surface area contributed by atoms with Gasteiger partial charge in [-0.05, 0) is 68.7 Å². The molecular weight excluding hydrogens is 442 g/mol. The molecule has 0 amide bonds. The molecule has 1 aromatic carbocycles. The van der Waals surface area contributed by atoms with Crippen LogP contribution in [0.25, 0.3) is 0 Å². The molecule has 35 heavy (non-hydrogen) atoms. The Labute approximate surface area is 208 Å². The van der Waals surface area contributed by atoms with E-state index in [9.17, 15) is 9.90 Å². The average molecular weight is 482 g/mol. The Morgan fingerprint density at radius 1 is 1.29 bits per heavy atom. The minimum absolute atomic E-state index is 0.332. The topological polar surface area (TPSA) is 83.9 Å². The van der Waals surface area contributed by atoms with Gasteiger partial charge in [0, 0.05) is 38.9 Å². The van der Waals surface area contributed by atoms with Gasteiger partial charge in [-0.1, -0.05) is 36.4 Å². The number of anilines is 1. The van der Waals surface area contributed by atoms with Crippen LogP contribution < -0.4 is 5.32 Å². The largest absolute Gasteiger partial charge is 0.479 e. The zero-order valence-corrected chi connectivity index (χ0v) is 21.0. The third kappa shape index (κ3) is 6.40. The first kappa shape index (κ1) is 25.6. The molecule has 2 aliphatic heterocycles. The number of rotatable bonds is 12. The highest BCUT2D eigenvalue weighted by molar-refractivity contribution is 5.79. The molecule has 3 unspecified atom stereocenters. The Morgan fingerprint density at radius 3 is 2.89 bits per heavy atom. The van der Waals surface area contributed by atoms with Crippen molar-refractivity contribution in [2.24, 2.45) is 5.92 Å². The molecule has 0 saturated carbocycles. The number of aliphatic carboxylic acids is 1. The van der Waals surface area contributed by atoms with E-state index in [1.807, 2.05) is 37.3 Å². The van der Waals surface area contributed by atoms with Crippen molar-refractivity contribution >= 4 is 11.8 Å². The van der Waals surface area contributed by atoms with Crippen LogP contribution in [-0.2, 0) is 32.7 Å². The maximum Gasteiger partial charge on any atom is 0.340 e. The van der Waals surface area contributed by atoms with Crippen molar-refractivity contribution in [2.75, 3.05) is 45.2 Å². The van der Waals surface area contributed by atoms with Crippen LogP contribution in [0.5, 0.6) is 0 Å². The number of aromatic nitrogens is 1. The number of hydrogen-bond acceptors (Lipinski definition) is 6. The van der Waals surface area contributed by atoms with Gasteiger partial charge < -0.3 is 24.8 Å². The molecule has 7 nitrogen and oxygen atoms in total. The van der Waals surface area contributed by atoms with Crippen molar-refractivity contribution in [1.82, 2.24) is 9.88 Å². The van der Waals surface area contributed by atoms with Crippen LogP contribution in [-0.4, -0.2) is 67.0 Å². The van der Waals surface area contributed by atoms with E-state index < -0.39 is 11.6 Å². The van der Waals surface area contributed by atoms with Crippen LogP contribution >= 0.6 is 0 Å². The lowest BCUT2D eigenvalue weighted by molar-refractivity contribution is -0.181. The zero-order chi connectivity index (χ0) is 24.7. The molecule has 2 aliphatic rings. The van der Waals surface area contributed by atoms with E-state index >= 15 is 0 Å². The summed E-state index contributed by atoms with van der Waals surface area (Å²) < 4.78 is 11.4. The second-order valence-corrected chi connectivity index (χ2v) is 9.97. The van der Waals surface area contributed by atoms with Gasteiger partial charge in [0.15, 0.2) is 5.60 Å². The number of aryl methyl sites for hydroxylation is 2. The van der Waals surface area contributed by atoms with E-state index in [0.717, 1.165) is 56.8 Å². The normalized spacial score (nSPS) is 20.6. The summed E-state index contributed by atoms with van der Waals surface area (Å²) in [5.41, 5.74) is 1.77. The molecule has 0 bridgehead atoms. The maximum atomic E-state index is 12.6. The predicted octanol–water partition coefficient (Wildman–Crippen LogP) is 4.12. The van der Waals surface area contributed by atoms with Crippen molar-refractivity contribution in [3.8, 4) is 0 Å². The van der Waals surface area contributed by atoms with E-state index in [2.05, 4.69) is 22.3 Å². The van der Waals surface area contributed by atoms with E-state index in [1.165, 1.54) is 12.0 Å². The molecule has 1 saturated heterocycles. The van der Waals surface area contributed by atoms with E-state index in [1.54, 1.807) is 7.11 Å². The van der Waals surface area contributed by atoms with Crippen molar-refractivity contribution in [1.29, 1.82) is 0 Å². The van der Waals surface area contributed by atoms with Crippen molar-refractivity contribution in [3.05, 3.63) is 59.3 Å². The minimum atomic E-state index is -1.39. The zero-order valence-electron chi connectivity index (χ0n) is 21.0. The molecule has 0 radical (unpaired) electrons. The number of pyridine rings is 1. The van der Waals surface area contributed by atoms with Gasteiger partial charge in [0.2, 0.25) is 0 Å². The van der Waals surface area contributed by atoms with Gasteiger partial charge in [0.25, 0.3) is 0 Å². The number of nitrogens with zero attached hydrogens (tertiary/aromatic N) is 2. The highest BCUT2D eigenvalue weighted by Crippen LogP contribution is 2.33. The van der Waals surface area contributed by atoms with Gasteiger partial charge in [-0.15, -0.1) is 0 Å². The lowest BCUT2D eigenvalue weighted by Crippen LogP contribution is -2.44. The Hall–Kier alpha value is -2.48. The van der Waals surface area contributed by atoms with Gasteiger partial charge >= 0.3 is 5.97 Å². The lowest BCUT2D eigenvalue weighted by atomic mass is 9.89. The van der Waals surface area contributed by atoms with Crippen LogP contribution in [0.15, 0.2) is 42.5 Å². The third-order valence-electron chi connectivity index (χ3n) is 7.30. The number of likely N-dealkylation sites (tertiary alicyclic amines) is 1. The Balaban J connectivity index is 1.35. The van der Waals surface area contributed by atoms with Crippen LogP contribution in [0.1, 0.15) is 49.4 Å². The van der Waals surface area contributed by atoms with Gasteiger partial charge in [-0.2, -0.15) is 0 Å². The predicted molar refractivity (Wildman–Crippen MR) is 137 cm³/mol. The van der Waals surface area contributed by atoms with Crippen LogP contribution in [0.4, 0.5) is 5.82 Å². The number of nitrogens with one attached hydrogen (secondary N) is 1. The fraction of sp³-hybridized carbons (Fsp3) is 0.571. The van der Waals surface area contributed by atoms with Gasteiger partial charge in [-0.25, -0.2) is 9.78 Å². The van der Waals surface area contributed by atoms with Crippen LogP contribution in [0, 0.1) is 5.92 Å². The smallest absolute Gasteiger partial charge is 0.340 e. The number of benzene rings is 1. The summed E-state index contributed by atoms with van der Waals surface area (Å²) in [6.07, 6.45) is 5.57. The SMILES string of the molecule is COCC(C)OC(CCN1CCC(CCc2ccc3c(n2)NCCC3)C1)(C(=O)O)c1ccccc1. The van der Waals surface area contributed by atoms with Crippen LogP contribution in [0.2, 0.25) is 0 Å². The maximum absolute atomic E-state index is 12.6. The van der Waals surface area contributed by atoms with E-state index in [-0.39, 0.29) is 6.10 Å². The van der Waals surface area contributed by atoms with E-state index in [0.29, 0.717) is 31.1 Å². The number of hydrogen-bond donors (Lipinski definition) is 2. The first-order valence-electron chi connectivity index (χ1n) is 12.9. The number of fused-ring (bicyclic) bond motifs is 1. The summed E-state index contributed by atoms with van der Waals surface area (Å²) in [6.45, 7) is 5.87. The Kier molecular flexibility index (Phi) is 8.76. The standard InChI is InChI=1S/C28H39N3O4/c1-21(20-34-2)35-28(27(32)33,24-8-4-3-5-9-24)15-18-31-17-14-22(19-31)10-12-25-13-11-23-7-6-16-29-26(23)30-25/h3-5,8-9,11,13,21-22H,6-7,10,12,14-20H2,1-2H3,(H,29,30)(H,32,33). The third-order valence-corrected chi connectivity index (χ3v) is 7.30. The molecule has 2 aromatic rings. The number of carboxylic acid groups (broad SMARTS) is 1. The van der Waals surface area contributed by atoms with Crippen molar-refractivity contribution < 1.29 is 19.4 Å². The number of methoxy groups -OCH3 is 1. The summed E-state index contributed by atoms with van der Waals surface area (Å²) in [7, 11) is 1.60. The Bertz CT molecular complexity index is 970. The molecule has 1 aromatic heterocycles. The second kappa shape index (κ2) is 12.0. The molecule has 3 atom stereocenters. The van der Waals surface area contributed by atoms with Crippen LogP contribution in [0.3, 0.4) is 0 Å². The number of carboxylic acids is 1. The Morgan fingerprint density at radius 2 is 2.11 bits per heavy atom. The molecule has 0 spiro atoms. The first-order valence-corrected chi connectivity index (χ1v) is 12.9. The lowest BCUT2D eigenvalue weighted by Gasteiger charge is -2.34. The quantitative estimate of drug-likeness (QED) is 0.472. The van der Waals surface area contributed by atoms with Gasteiger partial charge in [0.05, 0.1) is 12.7 Å². The molecule has 4 rings (SSSR count). The number of ether oxygens (including phenoxy) is 2. The molecule has 7 heteroatoms. The summed E-state index contributed by atoms with van der Waals surface area (Å²) >= 11 is 0. The fourth-order valence-electron chi connectivity index (χ4n) is 5.40. The van der Waals surface area contributed by atoms with Gasteiger partial charge in [-0.3, -0.25) is 0 Å². The van der Waals surface area contributed by atoms with Crippen molar-refractivity contribution in [2.45, 2.75) is 57.2 Å². The first-order chi connectivity index (χ1) is 17.0. The molecule has 190 valence electrons. The molecular formula is C28H39N3O4. The second-order valence-electron chi connectivity index (χ2n) is 9.97. The monoisotopic (exact) mass is 481 g/mol. The highest BCUT2D eigenvalue weighted by atomic mass is 16.6. The highest BCUT2D eigenvalue weighted by Gasteiger charge is 2.43. The minimum Gasteiger partial charge on any atom is -0.479 e. The summed E-state index contributed by atoms with van der Waals surface area (Å²) in [6, 6.07) is 13.7. The molecule has 0 aliphatic carbocycles. The summed E-state index contributed by atoms with van der Waals surface area (Å²) in [5, 5.41) is 13.7. The summed E-state index contributed by atoms with van der Waals surface area (Å²) in [4.78, 5) is 19.8. The van der Waals surface area contributed by atoms with Crippen molar-refractivity contribution in [3.63, 3.8) is 0 Å². The average Bonchev–Trinajstić information content (AvgIpc) is 3.33. The number of carbonyl (C=O) groups is 1. The molecule has 2 N–H and O–H groups in total. The molecule has 3 heterocycles. The van der Waals surface area contributed by atoms with Gasteiger partial charge in [0.1, 0.15) is 5.82 Å². The van der Waals surface area contributed by atoms with E-state index in [4.69, 9.17) is 14.5 Å².